The Morgan fingerprint density at radius 3 is 2.62 bits per heavy atom. The van der Waals surface area contributed by atoms with E-state index in [0.29, 0.717) is 10.8 Å². The second kappa shape index (κ2) is 9.11. The quantitative estimate of drug-likeness (QED) is 0.320. The standard InChI is InChI=1S/C24H22ClN3O6/c1-13-9-15(14(2)28(13)19-11-16(25)5-7-20(19)32-3)10-18-22(29)27(24(31)26-18)12-17-6-8-21(34-17)23(30)33-4/h5-11H,12H2,1-4H3,(H,26,31). The van der Waals surface area contributed by atoms with Crippen molar-refractivity contribution in [1.29, 1.82) is 0 Å². The molecule has 3 heterocycles. The molecule has 1 aliphatic heterocycles. The van der Waals surface area contributed by atoms with Gasteiger partial charge in [-0.15, -0.1) is 0 Å². The van der Waals surface area contributed by atoms with Gasteiger partial charge in [-0.25, -0.2) is 9.59 Å². The van der Waals surface area contributed by atoms with E-state index in [9.17, 15) is 14.4 Å². The summed E-state index contributed by atoms with van der Waals surface area (Å²) in [7, 11) is 2.82. The number of urea groups is 1. The van der Waals surface area contributed by atoms with Gasteiger partial charge in [-0.2, -0.15) is 0 Å². The van der Waals surface area contributed by atoms with Crippen molar-refractivity contribution < 1.29 is 28.3 Å². The monoisotopic (exact) mass is 483 g/mol. The van der Waals surface area contributed by atoms with E-state index in [1.165, 1.54) is 19.2 Å². The van der Waals surface area contributed by atoms with Gasteiger partial charge < -0.3 is 23.8 Å². The fraction of sp³-hybridized carbons (Fsp3) is 0.208. The smallest absolute Gasteiger partial charge is 0.373 e. The summed E-state index contributed by atoms with van der Waals surface area (Å²) in [6.07, 6.45) is 1.62. The van der Waals surface area contributed by atoms with Crippen LogP contribution in [-0.4, -0.2) is 41.6 Å². The number of imide groups is 1. The number of ether oxygens (including phenoxy) is 2. The molecule has 0 saturated carbocycles. The Bertz CT molecular complexity index is 1340. The van der Waals surface area contributed by atoms with E-state index in [1.54, 1.807) is 31.4 Å². The van der Waals surface area contributed by atoms with Crippen LogP contribution in [0.15, 0.2) is 46.5 Å². The molecule has 1 N–H and O–H groups in total. The van der Waals surface area contributed by atoms with Crippen molar-refractivity contribution in [3.63, 3.8) is 0 Å². The third kappa shape index (κ3) is 4.17. The highest BCUT2D eigenvalue weighted by molar-refractivity contribution is 6.30. The molecule has 0 radical (unpaired) electrons. The van der Waals surface area contributed by atoms with Crippen molar-refractivity contribution in [2.24, 2.45) is 0 Å². The van der Waals surface area contributed by atoms with Crippen LogP contribution in [0.25, 0.3) is 11.8 Å². The topological polar surface area (TPSA) is 103 Å². The van der Waals surface area contributed by atoms with E-state index in [0.717, 1.165) is 27.5 Å². The van der Waals surface area contributed by atoms with Gasteiger partial charge in [0.05, 0.1) is 26.5 Å². The fourth-order valence-corrected chi connectivity index (χ4v) is 4.01. The van der Waals surface area contributed by atoms with Crippen LogP contribution >= 0.6 is 11.6 Å². The number of esters is 1. The molecule has 2 aromatic heterocycles. The number of methoxy groups -OCH3 is 2. The molecule has 0 spiro atoms. The van der Waals surface area contributed by atoms with Gasteiger partial charge in [0.1, 0.15) is 17.2 Å². The number of halogens is 1. The van der Waals surface area contributed by atoms with E-state index < -0.39 is 17.9 Å². The predicted molar refractivity (Wildman–Crippen MR) is 124 cm³/mol. The highest BCUT2D eigenvalue weighted by atomic mass is 35.5. The number of carbonyl (C=O) groups is 3. The normalized spacial score (nSPS) is 14.6. The molecule has 0 atom stereocenters. The minimum atomic E-state index is -0.643. The number of benzene rings is 1. The lowest BCUT2D eigenvalue weighted by molar-refractivity contribution is -0.123. The van der Waals surface area contributed by atoms with Gasteiger partial charge in [0.2, 0.25) is 5.76 Å². The van der Waals surface area contributed by atoms with Crippen molar-refractivity contribution >= 4 is 35.6 Å². The first kappa shape index (κ1) is 23.2. The zero-order valence-corrected chi connectivity index (χ0v) is 19.7. The second-order valence-corrected chi connectivity index (χ2v) is 8.05. The molecule has 1 aromatic carbocycles. The Hall–Kier alpha value is -3.98. The van der Waals surface area contributed by atoms with Crippen LogP contribution in [0.3, 0.4) is 0 Å². The lowest BCUT2D eigenvalue weighted by Crippen LogP contribution is -2.30. The van der Waals surface area contributed by atoms with Gasteiger partial charge in [-0.05, 0) is 61.9 Å². The van der Waals surface area contributed by atoms with Crippen LogP contribution in [-0.2, 0) is 16.1 Å². The second-order valence-electron chi connectivity index (χ2n) is 7.62. The number of aromatic nitrogens is 1. The minimum absolute atomic E-state index is 0.01000. The highest BCUT2D eigenvalue weighted by Crippen LogP contribution is 2.31. The van der Waals surface area contributed by atoms with Gasteiger partial charge >= 0.3 is 12.0 Å². The summed E-state index contributed by atoms with van der Waals surface area (Å²) in [5.74, 6) is -0.242. The number of nitrogens with one attached hydrogen (secondary N) is 1. The van der Waals surface area contributed by atoms with Crippen molar-refractivity contribution in [1.82, 2.24) is 14.8 Å². The Balaban J connectivity index is 1.62. The third-order valence-corrected chi connectivity index (χ3v) is 5.71. The molecule has 34 heavy (non-hydrogen) atoms. The molecular formula is C24H22ClN3O6. The number of rotatable bonds is 6. The lowest BCUT2D eigenvalue weighted by Gasteiger charge is -2.14. The molecule has 176 valence electrons. The molecule has 1 fully saturated rings. The molecule has 1 saturated heterocycles. The molecule has 4 rings (SSSR count). The zero-order valence-electron chi connectivity index (χ0n) is 19.0. The van der Waals surface area contributed by atoms with Crippen molar-refractivity contribution in [2.45, 2.75) is 20.4 Å². The van der Waals surface area contributed by atoms with E-state index in [2.05, 4.69) is 10.1 Å². The van der Waals surface area contributed by atoms with E-state index in [4.69, 9.17) is 20.8 Å². The Morgan fingerprint density at radius 1 is 1.15 bits per heavy atom. The van der Waals surface area contributed by atoms with Crippen LogP contribution in [0.5, 0.6) is 5.75 Å². The van der Waals surface area contributed by atoms with Crippen molar-refractivity contribution in [2.75, 3.05) is 14.2 Å². The van der Waals surface area contributed by atoms with Crippen molar-refractivity contribution in [3.05, 3.63) is 75.6 Å². The van der Waals surface area contributed by atoms with Crippen LogP contribution in [0, 0.1) is 13.8 Å². The summed E-state index contributed by atoms with van der Waals surface area (Å²) in [4.78, 5) is 38.0. The number of carbonyl (C=O) groups excluding carboxylic acids is 3. The molecule has 3 amide bonds. The Labute approximate surface area is 200 Å². The molecule has 0 aliphatic carbocycles. The summed E-state index contributed by atoms with van der Waals surface area (Å²) in [6, 6.07) is 9.59. The lowest BCUT2D eigenvalue weighted by atomic mass is 10.2. The summed E-state index contributed by atoms with van der Waals surface area (Å²) in [6.45, 7) is 3.69. The molecule has 9 nitrogen and oxygen atoms in total. The fourth-order valence-electron chi connectivity index (χ4n) is 3.84. The van der Waals surface area contributed by atoms with Crippen LogP contribution in [0.1, 0.15) is 33.3 Å². The van der Waals surface area contributed by atoms with Crippen LogP contribution in [0.4, 0.5) is 4.79 Å². The van der Waals surface area contributed by atoms with Gasteiger partial charge in [-0.3, -0.25) is 9.69 Å². The molecule has 1 aliphatic rings. The first-order valence-electron chi connectivity index (χ1n) is 10.3. The molecule has 3 aromatic rings. The SMILES string of the molecule is COC(=O)c1ccc(CN2C(=O)NC(=Cc3cc(C)n(-c4cc(Cl)ccc4OC)c3C)C2=O)o1. The van der Waals surface area contributed by atoms with E-state index >= 15 is 0 Å². The molecule has 0 unspecified atom stereocenters. The van der Waals surface area contributed by atoms with Gasteiger partial charge in [-0.1, -0.05) is 11.6 Å². The molecular weight excluding hydrogens is 462 g/mol. The van der Waals surface area contributed by atoms with Gasteiger partial charge in [0.25, 0.3) is 5.91 Å². The molecule has 0 bridgehead atoms. The van der Waals surface area contributed by atoms with Crippen LogP contribution < -0.4 is 10.1 Å². The predicted octanol–water partition coefficient (Wildman–Crippen LogP) is 4.23. The summed E-state index contributed by atoms with van der Waals surface area (Å²) in [5.41, 5.74) is 3.36. The third-order valence-electron chi connectivity index (χ3n) is 5.48. The van der Waals surface area contributed by atoms with E-state index in [1.807, 2.05) is 24.5 Å². The number of aryl methyl sites for hydroxylation is 1. The summed E-state index contributed by atoms with van der Waals surface area (Å²) >= 11 is 6.21. The average Bonchev–Trinajstić information content (AvgIpc) is 3.46. The number of furan rings is 1. The first-order valence-corrected chi connectivity index (χ1v) is 10.7. The van der Waals surface area contributed by atoms with Gasteiger partial charge in [0.15, 0.2) is 0 Å². The number of hydrogen-bond donors (Lipinski definition) is 1. The maximum Gasteiger partial charge on any atom is 0.373 e. The largest absolute Gasteiger partial charge is 0.495 e. The maximum atomic E-state index is 12.9. The minimum Gasteiger partial charge on any atom is -0.495 e. The Morgan fingerprint density at radius 2 is 1.91 bits per heavy atom. The van der Waals surface area contributed by atoms with Crippen molar-refractivity contribution in [3.8, 4) is 11.4 Å². The van der Waals surface area contributed by atoms with Crippen LogP contribution in [0.2, 0.25) is 5.02 Å². The number of nitrogens with zero attached hydrogens (tertiary/aromatic N) is 2. The summed E-state index contributed by atoms with van der Waals surface area (Å²) < 4.78 is 17.4. The first-order chi connectivity index (χ1) is 16.2. The van der Waals surface area contributed by atoms with Gasteiger partial charge in [0, 0.05) is 16.4 Å². The Kier molecular flexibility index (Phi) is 6.21. The van der Waals surface area contributed by atoms with E-state index in [-0.39, 0.29) is 23.8 Å². The summed E-state index contributed by atoms with van der Waals surface area (Å²) in [5, 5.41) is 3.16. The number of amides is 3. The highest BCUT2D eigenvalue weighted by Gasteiger charge is 2.34. The average molecular weight is 484 g/mol. The number of hydrogen-bond acceptors (Lipinski definition) is 6. The maximum absolute atomic E-state index is 12.9. The molecule has 10 heteroatoms. The zero-order chi connectivity index (χ0) is 24.6.